The number of urea groups is 1. The van der Waals surface area contributed by atoms with Gasteiger partial charge in [0.25, 0.3) is 0 Å². The summed E-state index contributed by atoms with van der Waals surface area (Å²) in [5.74, 6) is 0.873. The van der Waals surface area contributed by atoms with Crippen LogP contribution in [-0.2, 0) is 6.18 Å². The molecule has 0 saturated carbocycles. The number of rotatable bonds is 3. The fraction of sp³-hybridized carbons (Fsp3) is 0.192. The number of carbonyl (C=O) groups is 1. The molecule has 37 heavy (non-hydrogen) atoms. The minimum Gasteiger partial charge on any atom is -0.443 e. The first kappa shape index (κ1) is 24.8. The van der Waals surface area contributed by atoms with Gasteiger partial charge in [-0.1, -0.05) is 28.1 Å². The lowest BCUT2D eigenvalue weighted by Gasteiger charge is -2.28. The third-order valence-electron chi connectivity index (χ3n) is 6.04. The standard InChI is InChI=1S/C26H21BrF3N5O2/c1-15-9-10-32-22-8-7-21(16-3-2-4-17(11-16)26(28,29)30)34-24(22)35(15)25(36)33-18-5-6-20(27)19(12-18)23-13-31-14-37-23/h2-8,11-15,32H,9-10H2,1H3,(H,33,36)/t15-/m1/s1. The van der Waals surface area contributed by atoms with E-state index in [0.29, 0.717) is 52.7 Å². The minimum atomic E-state index is -4.47. The summed E-state index contributed by atoms with van der Waals surface area (Å²) in [6.45, 7) is 2.51. The normalized spacial score (nSPS) is 15.5. The topological polar surface area (TPSA) is 83.3 Å². The highest BCUT2D eigenvalue weighted by molar-refractivity contribution is 9.10. The van der Waals surface area contributed by atoms with Crippen molar-refractivity contribution in [1.82, 2.24) is 9.97 Å². The molecule has 0 fully saturated rings. The second kappa shape index (κ2) is 9.89. The Kier molecular flexibility index (Phi) is 6.63. The Hall–Kier alpha value is -3.86. The molecule has 1 aliphatic heterocycles. The Bertz CT molecular complexity index is 1440. The van der Waals surface area contributed by atoms with Gasteiger partial charge in [0.15, 0.2) is 18.0 Å². The SMILES string of the molecule is C[C@@H]1CCNc2ccc(-c3cccc(C(F)(F)F)c3)nc2N1C(=O)Nc1ccc(Br)c(-c2cnco2)c1. The summed E-state index contributed by atoms with van der Waals surface area (Å²) >= 11 is 3.48. The molecule has 0 spiro atoms. The van der Waals surface area contributed by atoms with Crippen molar-refractivity contribution in [2.24, 2.45) is 0 Å². The predicted octanol–water partition coefficient (Wildman–Crippen LogP) is 7.43. The van der Waals surface area contributed by atoms with E-state index in [1.807, 2.05) is 6.92 Å². The molecule has 1 atom stereocenters. The Labute approximate surface area is 218 Å². The Morgan fingerprint density at radius 3 is 2.78 bits per heavy atom. The molecule has 4 aromatic rings. The highest BCUT2D eigenvalue weighted by Crippen LogP contribution is 2.36. The molecule has 2 N–H and O–H groups in total. The summed E-state index contributed by atoms with van der Waals surface area (Å²) in [4.78, 5) is 23.7. The van der Waals surface area contributed by atoms with Crippen LogP contribution >= 0.6 is 15.9 Å². The zero-order valence-electron chi connectivity index (χ0n) is 19.5. The van der Waals surface area contributed by atoms with E-state index in [1.165, 1.54) is 17.4 Å². The molecule has 7 nitrogen and oxygen atoms in total. The number of alkyl halides is 3. The van der Waals surface area contributed by atoms with Crippen LogP contribution in [0.5, 0.6) is 0 Å². The van der Waals surface area contributed by atoms with Crippen molar-refractivity contribution in [1.29, 1.82) is 0 Å². The molecule has 11 heteroatoms. The maximum absolute atomic E-state index is 13.6. The number of pyridine rings is 1. The molecule has 2 aromatic heterocycles. The molecule has 0 unspecified atom stereocenters. The van der Waals surface area contributed by atoms with Crippen LogP contribution in [0.25, 0.3) is 22.6 Å². The van der Waals surface area contributed by atoms with Gasteiger partial charge in [0.1, 0.15) is 0 Å². The fourth-order valence-electron chi connectivity index (χ4n) is 4.16. The Balaban J connectivity index is 1.49. The number of oxazole rings is 1. The van der Waals surface area contributed by atoms with Gasteiger partial charge in [-0.15, -0.1) is 0 Å². The number of hydrogen-bond acceptors (Lipinski definition) is 5. The molecule has 2 aromatic carbocycles. The first-order chi connectivity index (χ1) is 17.7. The second-order valence-corrected chi connectivity index (χ2v) is 9.43. The molecule has 2 amide bonds. The maximum atomic E-state index is 13.6. The average molecular weight is 572 g/mol. The minimum absolute atomic E-state index is 0.234. The number of carbonyl (C=O) groups excluding carboxylic acids is 1. The van der Waals surface area contributed by atoms with E-state index >= 15 is 0 Å². The summed E-state index contributed by atoms with van der Waals surface area (Å²) in [7, 11) is 0. The first-order valence-corrected chi connectivity index (χ1v) is 12.2. The van der Waals surface area contributed by atoms with Crippen molar-refractivity contribution in [2.45, 2.75) is 25.6 Å². The van der Waals surface area contributed by atoms with Gasteiger partial charge in [0.05, 0.1) is 23.1 Å². The predicted molar refractivity (Wildman–Crippen MR) is 138 cm³/mol. The zero-order valence-corrected chi connectivity index (χ0v) is 21.1. The summed E-state index contributed by atoms with van der Waals surface area (Å²) in [6, 6.07) is 13.0. The van der Waals surface area contributed by atoms with Gasteiger partial charge in [-0.3, -0.25) is 4.90 Å². The number of fused-ring (bicyclic) bond motifs is 1. The largest absolute Gasteiger partial charge is 0.443 e. The Morgan fingerprint density at radius 1 is 1.19 bits per heavy atom. The van der Waals surface area contributed by atoms with E-state index in [0.717, 1.165) is 16.6 Å². The van der Waals surface area contributed by atoms with Crippen LogP contribution < -0.4 is 15.5 Å². The molecule has 0 aliphatic carbocycles. The Morgan fingerprint density at radius 2 is 2.03 bits per heavy atom. The number of aromatic nitrogens is 2. The molecule has 3 heterocycles. The van der Waals surface area contributed by atoms with Crippen molar-refractivity contribution in [3.63, 3.8) is 0 Å². The molecule has 0 bridgehead atoms. The highest BCUT2D eigenvalue weighted by atomic mass is 79.9. The van der Waals surface area contributed by atoms with E-state index in [2.05, 4.69) is 36.5 Å². The lowest BCUT2D eigenvalue weighted by molar-refractivity contribution is -0.137. The molecule has 0 saturated heterocycles. The quantitative estimate of drug-likeness (QED) is 0.267. The van der Waals surface area contributed by atoms with Gasteiger partial charge < -0.3 is 15.1 Å². The first-order valence-electron chi connectivity index (χ1n) is 11.4. The van der Waals surface area contributed by atoms with Crippen molar-refractivity contribution in [3.8, 4) is 22.6 Å². The smallest absolute Gasteiger partial charge is 0.416 e. The van der Waals surface area contributed by atoms with E-state index in [9.17, 15) is 18.0 Å². The fourth-order valence-corrected chi connectivity index (χ4v) is 4.60. The van der Waals surface area contributed by atoms with E-state index < -0.39 is 17.8 Å². The number of nitrogens with zero attached hydrogens (tertiary/aromatic N) is 3. The second-order valence-electron chi connectivity index (χ2n) is 8.57. The number of nitrogens with one attached hydrogen (secondary N) is 2. The molecular weight excluding hydrogens is 551 g/mol. The van der Waals surface area contributed by atoms with Gasteiger partial charge >= 0.3 is 12.2 Å². The third kappa shape index (κ3) is 5.17. The average Bonchev–Trinajstić information content (AvgIpc) is 3.35. The van der Waals surface area contributed by atoms with Crippen molar-refractivity contribution in [2.75, 3.05) is 22.1 Å². The van der Waals surface area contributed by atoms with E-state index in [4.69, 9.17) is 4.42 Å². The molecule has 1 aliphatic rings. The van der Waals surface area contributed by atoms with Gasteiger partial charge in [0.2, 0.25) is 0 Å². The van der Waals surface area contributed by atoms with Crippen molar-refractivity contribution in [3.05, 3.63) is 77.2 Å². The summed E-state index contributed by atoms with van der Waals surface area (Å²) in [5.41, 5.74) is 1.73. The summed E-state index contributed by atoms with van der Waals surface area (Å²) in [5, 5.41) is 6.18. The number of amides is 2. The van der Waals surface area contributed by atoms with Crippen molar-refractivity contribution >= 4 is 39.2 Å². The van der Waals surface area contributed by atoms with Crippen LogP contribution in [0.15, 0.2) is 76.1 Å². The van der Waals surface area contributed by atoms with Gasteiger partial charge in [-0.25, -0.2) is 14.8 Å². The lowest BCUT2D eigenvalue weighted by Crippen LogP contribution is -2.42. The molecule has 5 rings (SSSR count). The highest BCUT2D eigenvalue weighted by Gasteiger charge is 2.31. The van der Waals surface area contributed by atoms with Crippen LogP contribution in [0.4, 0.5) is 35.2 Å². The van der Waals surface area contributed by atoms with Crippen LogP contribution in [0, 0.1) is 0 Å². The van der Waals surface area contributed by atoms with Crippen LogP contribution in [-0.4, -0.2) is 28.6 Å². The number of benzene rings is 2. The number of anilines is 3. The maximum Gasteiger partial charge on any atom is 0.416 e. The van der Waals surface area contributed by atoms with Gasteiger partial charge in [-0.05, 0) is 55.8 Å². The number of hydrogen-bond donors (Lipinski definition) is 2. The van der Waals surface area contributed by atoms with Crippen LogP contribution in [0.1, 0.15) is 18.9 Å². The molecule has 190 valence electrons. The third-order valence-corrected chi connectivity index (χ3v) is 6.73. The monoisotopic (exact) mass is 571 g/mol. The zero-order chi connectivity index (χ0) is 26.2. The van der Waals surface area contributed by atoms with E-state index in [-0.39, 0.29) is 6.04 Å². The van der Waals surface area contributed by atoms with Gasteiger partial charge in [-0.2, -0.15) is 13.2 Å². The van der Waals surface area contributed by atoms with E-state index in [1.54, 1.807) is 42.6 Å². The van der Waals surface area contributed by atoms with Gasteiger partial charge in [0, 0.05) is 33.9 Å². The summed E-state index contributed by atoms with van der Waals surface area (Å²) in [6.07, 6.45) is -0.932. The van der Waals surface area contributed by atoms with Crippen molar-refractivity contribution < 1.29 is 22.4 Å². The number of halogens is 4. The van der Waals surface area contributed by atoms with Crippen LogP contribution in [0.2, 0.25) is 0 Å². The van der Waals surface area contributed by atoms with Crippen LogP contribution in [0.3, 0.4) is 0 Å². The molecule has 0 radical (unpaired) electrons. The summed E-state index contributed by atoms with van der Waals surface area (Å²) < 4.78 is 46.0. The lowest BCUT2D eigenvalue weighted by atomic mass is 10.1. The molecular formula is C26H21BrF3N5O2.